The van der Waals surface area contributed by atoms with Gasteiger partial charge in [0.2, 0.25) is 6.39 Å². The molecule has 2 aromatic rings. The van der Waals surface area contributed by atoms with Crippen LogP contribution in [0.4, 0.5) is 5.69 Å². The molecule has 0 saturated carbocycles. The molecular formula is C10H9ClN4O2. The van der Waals surface area contributed by atoms with Gasteiger partial charge in [0.25, 0.3) is 5.91 Å². The van der Waals surface area contributed by atoms with Crippen molar-refractivity contribution in [3.8, 4) is 0 Å². The average Bonchev–Trinajstić information content (AvgIpc) is 2.82. The second-order valence-electron chi connectivity index (χ2n) is 3.23. The highest BCUT2D eigenvalue weighted by Crippen LogP contribution is 2.22. The van der Waals surface area contributed by atoms with Gasteiger partial charge >= 0.3 is 0 Å². The van der Waals surface area contributed by atoms with Crippen molar-refractivity contribution in [3.05, 3.63) is 41.0 Å². The zero-order valence-corrected chi connectivity index (χ0v) is 9.44. The van der Waals surface area contributed by atoms with E-state index in [1.54, 1.807) is 18.2 Å². The molecule has 0 aliphatic rings. The van der Waals surface area contributed by atoms with Gasteiger partial charge in [-0.15, -0.1) is 0 Å². The summed E-state index contributed by atoms with van der Waals surface area (Å²) in [6.45, 7) is 0.168. The number of hydrogen-bond donors (Lipinski definition) is 2. The van der Waals surface area contributed by atoms with Gasteiger partial charge in [-0.2, -0.15) is 4.98 Å². The van der Waals surface area contributed by atoms with Gasteiger partial charge in [0, 0.05) is 0 Å². The SMILES string of the molecule is Nc1c(Cl)cccc1C(=O)NCc1ncon1. The maximum Gasteiger partial charge on any atom is 0.253 e. The zero-order valence-electron chi connectivity index (χ0n) is 8.68. The van der Waals surface area contributed by atoms with E-state index in [4.69, 9.17) is 17.3 Å². The highest BCUT2D eigenvalue weighted by Gasteiger charge is 2.11. The molecular weight excluding hydrogens is 244 g/mol. The monoisotopic (exact) mass is 252 g/mol. The maximum atomic E-state index is 11.8. The quantitative estimate of drug-likeness (QED) is 0.802. The summed E-state index contributed by atoms with van der Waals surface area (Å²) in [5, 5.41) is 6.52. The third-order valence-corrected chi connectivity index (χ3v) is 2.44. The van der Waals surface area contributed by atoms with Crippen molar-refractivity contribution in [2.45, 2.75) is 6.54 Å². The van der Waals surface area contributed by atoms with Crippen LogP contribution < -0.4 is 11.1 Å². The summed E-state index contributed by atoms with van der Waals surface area (Å²) in [5.74, 6) is 0.0498. The first-order chi connectivity index (χ1) is 8.18. The molecule has 0 saturated heterocycles. The first-order valence-corrected chi connectivity index (χ1v) is 5.13. The number of aromatic nitrogens is 2. The summed E-state index contributed by atoms with van der Waals surface area (Å²) in [7, 11) is 0. The number of rotatable bonds is 3. The number of benzene rings is 1. The molecule has 0 aliphatic heterocycles. The fourth-order valence-corrected chi connectivity index (χ4v) is 1.43. The molecule has 88 valence electrons. The van der Waals surface area contributed by atoms with Gasteiger partial charge in [0.05, 0.1) is 22.8 Å². The standard InChI is InChI=1S/C10H9ClN4O2/c11-7-3-1-2-6(9(7)12)10(16)13-4-8-14-5-17-15-8/h1-3,5H,4,12H2,(H,13,16). The van der Waals surface area contributed by atoms with Crippen molar-refractivity contribution < 1.29 is 9.32 Å². The molecule has 0 spiro atoms. The Kier molecular flexibility index (Phi) is 3.24. The number of halogens is 1. The maximum absolute atomic E-state index is 11.8. The van der Waals surface area contributed by atoms with Crippen LogP contribution in [0.3, 0.4) is 0 Å². The molecule has 0 bridgehead atoms. The molecule has 0 unspecified atom stereocenters. The van der Waals surface area contributed by atoms with Crippen molar-refractivity contribution in [2.75, 3.05) is 5.73 Å². The van der Waals surface area contributed by atoms with E-state index in [0.29, 0.717) is 16.4 Å². The number of anilines is 1. The number of hydrogen-bond acceptors (Lipinski definition) is 5. The van der Waals surface area contributed by atoms with Crippen molar-refractivity contribution in [2.24, 2.45) is 0 Å². The molecule has 0 radical (unpaired) electrons. The molecule has 6 nitrogen and oxygen atoms in total. The molecule has 0 aliphatic carbocycles. The highest BCUT2D eigenvalue weighted by molar-refractivity contribution is 6.33. The molecule has 3 N–H and O–H groups in total. The van der Waals surface area contributed by atoms with E-state index in [1.807, 2.05) is 0 Å². The molecule has 1 aromatic carbocycles. The van der Waals surface area contributed by atoms with Crippen molar-refractivity contribution in [1.29, 1.82) is 0 Å². The van der Waals surface area contributed by atoms with E-state index < -0.39 is 0 Å². The predicted octanol–water partition coefficient (Wildman–Crippen LogP) is 1.24. The van der Waals surface area contributed by atoms with E-state index in [-0.39, 0.29) is 18.1 Å². The number of carbonyl (C=O) groups is 1. The van der Waals surface area contributed by atoms with Crippen LogP contribution in [-0.4, -0.2) is 16.0 Å². The topological polar surface area (TPSA) is 94.0 Å². The van der Waals surface area contributed by atoms with Crippen molar-refractivity contribution in [1.82, 2.24) is 15.5 Å². The molecule has 2 rings (SSSR count). The number of carbonyl (C=O) groups excluding carboxylic acids is 1. The van der Waals surface area contributed by atoms with Crippen LogP contribution in [0.2, 0.25) is 5.02 Å². The van der Waals surface area contributed by atoms with Gasteiger partial charge in [-0.3, -0.25) is 4.79 Å². The summed E-state index contributed by atoms with van der Waals surface area (Å²) >= 11 is 5.81. The lowest BCUT2D eigenvalue weighted by molar-refractivity contribution is 0.0950. The lowest BCUT2D eigenvalue weighted by Gasteiger charge is -2.06. The first kappa shape index (κ1) is 11.4. The van der Waals surface area contributed by atoms with Gasteiger partial charge in [-0.05, 0) is 12.1 Å². The van der Waals surface area contributed by atoms with Crippen LogP contribution in [0.5, 0.6) is 0 Å². The van der Waals surface area contributed by atoms with Gasteiger partial charge < -0.3 is 15.6 Å². The van der Waals surface area contributed by atoms with E-state index >= 15 is 0 Å². The number of amides is 1. The normalized spacial score (nSPS) is 10.2. The van der Waals surface area contributed by atoms with E-state index in [9.17, 15) is 4.79 Å². The third-order valence-electron chi connectivity index (χ3n) is 2.11. The molecule has 17 heavy (non-hydrogen) atoms. The zero-order chi connectivity index (χ0) is 12.3. The van der Waals surface area contributed by atoms with Crippen LogP contribution in [0.15, 0.2) is 29.1 Å². The van der Waals surface area contributed by atoms with Gasteiger partial charge in [-0.1, -0.05) is 22.8 Å². The summed E-state index contributed by atoms with van der Waals surface area (Å²) in [4.78, 5) is 15.5. The third kappa shape index (κ3) is 2.54. The fourth-order valence-electron chi connectivity index (χ4n) is 1.26. The number of nitrogens with one attached hydrogen (secondary N) is 1. The minimum Gasteiger partial charge on any atom is -0.397 e. The number of nitrogens with two attached hydrogens (primary N) is 1. The highest BCUT2D eigenvalue weighted by atomic mass is 35.5. The van der Waals surface area contributed by atoms with Gasteiger partial charge in [0.1, 0.15) is 0 Å². The summed E-state index contributed by atoms with van der Waals surface area (Å²) < 4.78 is 4.54. The van der Waals surface area contributed by atoms with Crippen LogP contribution >= 0.6 is 11.6 Å². The Bertz CT molecular complexity index is 527. The van der Waals surface area contributed by atoms with Crippen LogP contribution in [0, 0.1) is 0 Å². The second kappa shape index (κ2) is 4.84. The lowest BCUT2D eigenvalue weighted by Crippen LogP contribution is -2.24. The van der Waals surface area contributed by atoms with Crippen molar-refractivity contribution in [3.63, 3.8) is 0 Å². The van der Waals surface area contributed by atoms with E-state index in [2.05, 4.69) is 20.0 Å². The summed E-state index contributed by atoms with van der Waals surface area (Å²) in [6.07, 6.45) is 1.19. The Hall–Kier alpha value is -2.08. The summed E-state index contributed by atoms with van der Waals surface area (Å²) in [6, 6.07) is 4.86. The lowest BCUT2D eigenvalue weighted by atomic mass is 10.1. The van der Waals surface area contributed by atoms with Gasteiger partial charge in [-0.25, -0.2) is 0 Å². The number of nitrogens with zero attached hydrogens (tertiary/aromatic N) is 2. The molecule has 0 fully saturated rings. The number of para-hydroxylation sites is 1. The average molecular weight is 253 g/mol. The minimum absolute atomic E-state index is 0.168. The Balaban J connectivity index is 2.07. The van der Waals surface area contributed by atoms with Gasteiger partial charge in [0.15, 0.2) is 5.82 Å². The number of nitrogen functional groups attached to an aromatic ring is 1. The van der Waals surface area contributed by atoms with Crippen LogP contribution in [0.25, 0.3) is 0 Å². The Morgan fingerprint density at radius 1 is 1.53 bits per heavy atom. The second-order valence-corrected chi connectivity index (χ2v) is 3.64. The largest absolute Gasteiger partial charge is 0.397 e. The molecule has 1 heterocycles. The Morgan fingerprint density at radius 2 is 2.35 bits per heavy atom. The van der Waals surface area contributed by atoms with Crippen LogP contribution in [0.1, 0.15) is 16.2 Å². The first-order valence-electron chi connectivity index (χ1n) is 4.76. The van der Waals surface area contributed by atoms with E-state index in [0.717, 1.165) is 0 Å². The molecule has 7 heteroatoms. The smallest absolute Gasteiger partial charge is 0.253 e. The Labute approximate surface area is 102 Å². The Morgan fingerprint density at radius 3 is 3.06 bits per heavy atom. The van der Waals surface area contributed by atoms with Crippen LogP contribution in [-0.2, 0) is 6.54 Å². The van der Waals surface area contributed by atoms with Crippen molar-refractivity contribution >= 4 is 23.2 Å². The molecule has 1 amide bonds. The molecule has 1 aromatic heterocycles. The predicted molar refractivity (Wildman–Crippen MR) is 61.3 cm³/mol. The molecule has 0 atom stereocenters. The summed E-state index contributed by atoms with van der Waals surface area (Å²) in [5.41, 5.74) is 6.26. The van der Waals surface area contributed by atoms with E-state index in [1.165, 1.54) is 6.39 Å². The fraction of sp³-hybridized carbons (Fsp3) is 0.100. The minimum atomic E-state index is -0.338.